The van der Waals surface area contributed by atoms with E-state index in [-0.39, 0.29) is 12.1 Å². The fourth-order valence-corrected chi connectivity index (χ4v) is 2.04. The molecule has 0 spiro atoms. The van der Waals surface area contributed by atoms with Crippen LogP contribution in [0.3, 0.4) is 0 Å². The average Bonchev–Trinajstić information content (AvgIpc) is 2.83. The van der Waals surface area contributed by atoms with E-state index in [4.69, 9.17) is 15.0 Å². The van der Waals surface area contributed by atoms with Gasteiger partial charge in [0, 0.05) is 5.56 Å². The van der Waals surface area contributed by atoms with Crippen molar-refractivity contribution in [2.24, 2.45) is 5.73 Å². The van der Waals surface area contributed by atoms with E-state index in [1.165, 1.54) is 0 Å². The molecule has 1 aromatic heterocycles. The Morgan fingerprint density at radius 3 is 2.20 bits per heavy atom. The quantitative estimate of drug-likeness (QED) is 0.927. The van der Waals surface area contributed by atoms with Crippen LogP contribution in [0.5, 0.6) is 5.75 Å². The zero-order valence-electron chi connectivity index (χ0n) is 12.6. The van der Waals surface area contributed by atoms with E-state index in [9.17, 15) is 0 Å². The van der Waals surface area contributed by atoms with Crippen molar-refractivity contribution >= 4 is 0 Å². The van der Waals surface area contributed by atoms with Crippen LogP contribution in [0.2, 0.25) is 0 Å². The van der Waals surface area contributed by atoms with Crippen LogP contribution in [0.1, 0.15) is 43.8 Å². The molecule has 5 heteroatoms. The zero-order valence-corrected chi connectivity index (χ0v) is 12.6. The second-order valence-corrected chi connectivity index (χ2v) is 5.35. The van der Waals surface area contributed by atoms with Crippen molar-refractivity contribution in [3.8, 4) is 17.1 Å². The second kappa shape index (κ2) is 5.63. The molecule has 0 radical (unpaired) electrons. The van der Waals surface area contributed by atoms with Crippen molar-refractivity contribution < 1.29 is 9.26 Å². The maximum absolute atomic E-state index is 5.83. The molecular formula is C15H21N3O2. The molecule has 2 aromatic rings. The van der Waals surface area contributed by atoms with Gasteiger partial charge in [0.15, 0.2) is 0 Å². The minimum atomic E-state index is -0.262. The van der Waals surface area contributed by atoms with Crippen LogP contribution < -0.4 is 10.5 Å². The molecule has 0 aliphatic rings. The third kappa shape index (κ3) is 2.99. The fourth-order valence-electron chi connectivity index (χ4n) is 2.04. The Morgan fingerprint density at radius 2 is 1.75 bits per heavy atom. The first-order chi connectivity index (χ1) is 9.38. The Bertz CT molecular complexity index is 580. The molecule has 0 aliphatic heterocycles. The number of nitrogens with two attached hydrogens (primary N) is 1. The highest BCUT2D eigenvalue weighted by molar-refractivity contribution is 5.61. The highest BCUT2D eigenvalue weighted by Crippen LogP contribution is 2.30. The molecule has 0 bridgehead atoms. The van der Waals surface area contributed by atoms with Gasteiger partial charge in [0.1, 0.15) is 5.75 Å². The van der Waals surface area contributed by atoms with E-state index in [0.29, 0.717) is 11.7 Å². The zero-order chi connectivity index (χ0) is 14.9. The van der Waals surface area contributed by atoms with Crippen molar-refractivity contribution in [3.05, 3.63) is 29.2 Å². The summed E-state index contributed by atoms with van der Waals surface area (Å²) in [5.74, 6) is 1.91. The summed E-state index contributed by atoms with van der Waals surface area (Å²) < 4.78 is 11.0. The van der Waals surface area contributed by atoms with Crippen molar-refractivity contribution in [2.45, 2.75) is 46.8 Å². The van der Waals surface area contributed by atoms with Crippen molar-refractivity contribution in [1.82, 2.24) is 10.1 Å². The van der Waals surface area contributed by atoms with Gasteiger partial charge in [-0.2, -0.15) is 4.98 Å². The topological polar surface area (TPSA) is 74.2 Å². The number of aryl methyl sites for hydroxylation is 2. The first kappa shape index (κ1) is 14.5. The number of hydrogen-bond donors (Lipinski definition) is 1. The molecule has 1 heterocycles. The summed E-state index contributed by atoms with van der Waals surface area (Å²) in [6, 6.07) is 3.74. The lowest BCUT2D eigenvalue weighted by Crippen LogP contribution is -2.08. The lowest BCUT2D eigenvalue weighted by Gasteiger charge is -2.15. The van der Waals surface area contributed by atoms with Crippen LogP contribution in [-0.4, -0.2) is 16.2 Å². The molecule has 5 nitrogen and oxygen atoms in total. The van der Waals surface area contributed by atoms with E-state index in [1.807, 2.05) is 46.8 Å². The Balaban J connectivity index is 2.38. The maximum Gasteiger partial charge on any atom is 0.243 e. The smallest absolute Gasteiger partial charge is 0.243 e. The van der Waals surface area contributed by atoms with Gasteiger partial charge in [-0.3, -0.25) is 0 Å². The van der Waals surface area contributed by atoms with Crippen LogP contribution in [0, 0.1) is 13.8 Å². The third-order valence-electron chi connectivity index (χ3n) is 2.90. The SMILES string of the molecule is Cc1cc(-c2noc(C(C)N)n2)cc(C)c1OC(C)C. The Labute approximate surface area is 119 Å². The van der Waals surface area contributed by atoms with Crippen LogP contribution in [0.15, 0.2) is 16.7 Å². The summed E-state index contributed by atoms with van der Waals surface area (Å²) in [6.07, 6.45) is 0.146. The monoisotopic (exact) mass is 275 g/mol. The molecule has 1 atom stereocenters. The normalized spacial score (nSPS) is 12.8. The second-order valence-electron chi connectivity index (χ2n) is 5.35. The summed E-state index contributed by atoms with van der Waals surface area (Å²) in [5.41, 5.74) is 8.75. The fraction of sp³-hybridized carbons (Fsp3) is 0.467. The number of benzene rings is 1. The van der Waals surface area contributed by atoms with E-state index in [0.717, 1.165) is 22.4 Å². The lowest BCUT2D eigenvalue weighted by molar-refractivity contribution is 0.239. The van der Waals surface area contributed by atoms with Crippen LogP contribution in [0.25, 0.3) is 11.4 Å². The average molecular weight is 275 g/mol. The number of hydrogen-bond acceptors (Lipinski definition) is 5. The molecule has 108 valence electrons. The molecular weight excluding hydrogens is 254 g/mol. The van der Waals surface area contributed by atoms with Gasteiger partial charge < -0.3 is 15.0 Å². The van der Waals surface area contributed by atoms with Gasteiger partial charge in [0.2, 0.25) is 11.7 Å². The lowest BCUT2D eigenvalue weighted by atomic mass is 10.1. The van der Waals surface area contributed by atoms with Crippen LogP contribution in [0.4, 0.5) is 0 Å². The molecule has 0 saturated carbocycles. The molecule has 0 aliphatic carbocycles. The molecule has 2 rings (SSSR count). The highest BCUT2D eigenvalue weighted by atomic mass is 16.5. The van der Waals surface area contributed by atoms with Gasteiger partial charge in [0.05, 0.1) is 12.1 Å². The van der Waals surface area contributed by atoms with Crippen LogP contribution >= 0.6 is 0 Å². The Morgan fingerprint density at radius 1 is 1.15 bits per heavy atom. The van der Waals surface area contributed by atoms with Gasteiger partial charge in [-0.1, -0.05) is 5.16 Å². The maximum atomic E-state index is 5.83. The molecule has 20 heavy (non-hydrogen) atoms. The minimum absolute atomic E-state index is 0.146. The highest BCUT2D eigenvalue weighted by Gasteiger charge is 2.15. The van der Waals surface area contributed by atoms with Gasteiger partial charge in [-0.25, -0.2) is 0 Å². The summed E-state index contributed by atoms with van der Waals surface area (Å²) in [6.45, 7) is 9.87. The molecule has 2 N–H and O–H groups in total. The van der Waals surface area contributed by atoms with E-state index < -0.39 is 0 Å². The van der Waals surface area contributed by atoms with Gasteiger partial charge in [-0.15, -0.1) is 0 Å². The van der Waals surface area contributed by atoms with Crippen molar-refractivity contribution in [3.63, 3.8) is 0 Å². The largest absolute Gasteiger partial charge is 0.490 e. The molecule has 0 amide bonds. The third-order valence-corrected chi connectivity index (χ3v) is 2.90. The first-order valence-corrected chi connectivity index (χ1v) is 6.76. The predicted molar refractivity (Wildman–Crippen MR) is 77.6 cm³/mol. The van der Waals surface area contributed by atoms with E-state index in [2.05, 4.69) is 10.1 Å². The van der Waals surface area contributed by atoms with Gasteiger partial charge in [-0.05, 0) is 57.9 Å². The predicted octanol–water partition coefficient (Wildman–Crippen LogP) is 3.16. The van der Waals surface area contributed by atoms with Crippen molar-refractivity contribution in [1.29, 1.82) is 0 Å². The minimum Gasteiger partial charge on any atom is -0.490 e. The molecule has 0 saturated heterocycles. The summed E-state index contributed by atoms with van der Waals surface area (Å²) in [4.78, 5) is 4.31. The van der Waals surface area contributed by atoms with E-state index in [1.54, 1.807) is 0 Å². The standard InChI is InChI=1S/C15H21N3O2/c1-8(2)19-13-9(3)6-12(7-10(13)4)14-17-15(11(5)16)20-18-14/h6-8,11H,16H2,1-5H3. The number of rotatable bonds is 4. The molecule has 1 aromatic carbocycles. The first-order valence-electron chi connectivity index (χ1n) is 6.76. The summed E-state index contributed by atoms with van der Waals surface area (Å²) in [7, 11) is 0. The summed E-state index contributed by atoms with van der Waals surface area (Å²) in [5, 5.41) is 3.97. The molecule has 0 fully saturated rings. The number of ether oxygens (including phenoxy) is 1. The number of aromatic nitrogens is 2. The number of nitrogens with zero attached hydrogens (tertiary/aromatic N) is 2. The van der Waals surface area contributed by atoms with Gasteiger partial charge in [0.25, 0.3) is 0 Å². The van der Waals surface area contributed by atoms with Crippen LogP contribution in [-0.2, 0) is 0 Å². The van der Waals surface area contributed by atoms with Gasteiger partial charge >= 0.3 is 0 Å². The molecule has 1 unspecified atom stereocenters. The Kier molecular flexibility index (Phi) is 4.09. The Hall–Kier alpha value is -1.88. The summed E-state index contributed by atoms with van der Waals surface area (Å²) >= 11 is 0. The van der Waals surface area contributed by atoms with E-state index >= 15 is 0 Å². The van der Waals surface area contributed by atoms with Crippen molar-refractivity contribution in [2.75, 3.05) is 0 Å².